The van der Waals surface area contributed by atoms with Crippen LogP contribution in [-0.4, -0.2) is 64.4 Å². The van der Waals surface area contributed by atoms with Crippen LogP contribution in [0, 0.1) is 0 Å². The number of fused-ring (bicyclic) bond motifs is 1. The van der Waals surface area contributed by atoms with Crippen LogP contribution in [-0.2, 0) is 38.0 Å². The van der Waals surface area contributed by atoms with E-state index in [1.807, 2.05) is 30.3 Å². The lowest BCUT2D eigenvalue weighted by atomic mass is 9.95. The average molecular weight is 415 g/mol. The van der Waals surface area contributed by atoms with Crippen molar-refractivity contribution in [3.63, 3.8) is 0 Å². The fourth-order valence-corrected chi connectivity index (χ4v) is 3.99. The van der Waals surface area contributed by atoms with Crippen LogP contribution >= 0.6 is 0 Å². The van der Waals surface area contributed by atoms with Gasteiger partial charge in [-0.15, -0.1) is 0 Å². The van der Waals surface area contributed by atoms with E-state index < -0.39 is 47.1 Å². The number of rotatable bonds is 6. The van der Waals surface area contributed by atoms with Gasteiger partial charge >= 0.3 is 0 Å². The molecule has 6 atom stereocenters. The molecule has 2 fully saturated rings. The van der Waals surface area contributed by atoms with Crippen LogP contribution in [0.25, 0.3) is 0 Å². The molecule has 1 N–H and O–H groups in total. The molecular weight excluding hydrogens is 390 g/mol. The van der Waals surface area contributed by atoms with Gasteiger partial charge < -0.3 is 24.3 Å². The molecule has 1 amide bonds. The van der Waals surface area contributed by atoms with Crippen molar-refractivity contribution in [2.75, 3.05) is 19.5 Å². The van der Waals surface area contributed by atoms with Crippen molar-refractivity contribution in [2.24, 2.45) is 0 Å². The van der Waals surface area contributed by atoms with Gasteiger partial charge in [0.15, 0.2) is 12.6 Å². The van der Waals surface area contributed by atoms with Gasteiger partial charge in [0, 0.05) is 19.1 Å². The second-order valence-electron chi connectivity index (χ2n) is 6.67. The summed E-state index contributed by atoms with van der Waals surface area (Å²) in [4.78, 5) is 11.7. The van der Waals surface area contributed by atoms with E-state index >= 15 is 0 Å². The lowest BCUT2D eigenvalue weighted by Crippen LogP contribution is -2.67. The van der Waals surface area contributed by atoms with Crippen molar-refractivity contribution in [2.45, 2.75) is 50.8 Å². The third kappa shape index (κ3) is 5.07. The molecule has 0 unspecified atom stereocenters. The smallest absolute Gasteiger partial charge is 0.264 e. The van der Waals surface area contributed by atoms with Crippen LogP contribution in [0.3, 0.4) is 0 Å². The third-order valence-electron chi connectivity index (χ3n) is 4.40. The van der Waals surface area contributed by atoms with Crippen LogP contribution in [0.2, 0.25) is 0 Å². The van der Waals surface area contributed by atoms with Crippen molar-refractivity contribution < 1.29 is 36.3 Å². The highest BCUT2D eigenvalue weighted by Crippen LogP contribution is 2.36. The van der Waals surface area contributed by atoms with E-state index in [9.17, 15) is 13.2 Å². The number of hydrogen-bond acceptors (Lipinski definition) is 8. The van der Waals surface area contributed by atoms with Crippen LogP contribution in [0.4, 0.5) is 0 Å². The second kappa shape index (κ2) is 8.85. The van der Waals surface area contributed by atoms with Gasteiger partial charge in [-0.3, -0.25) is 8.98 Å². The predicted molar refractivity (Wildman–Crippen MR) is 97.6 cm³/mol. The molecule has 156 valence electrons. The highest BCUT2D eigenvalue weighted by atomic mass is 32.2. The van der Waals surface area contributed by atoms with Crippen LogP contribution in [0.5, 0.6) is 0 Å². The molecule has 0 bridgehead atoms. The number of carbonyl (C=O) groups is 1. The molecule has 0 aliphatic carbocycles. The lowest BCUT2D eigenvalue weighted by molar-refractivity contribution is -0.340. The number of benzene rings is 1. The molecule has 2 heterocycles. The molecule has 1 aromatic rings. The Balaban J connectivity index is 1.91. The van der Waals surface area contributed by atoms with Gasteiger partial charge in [-0.05, 0) is 6.92 Å². The first kappa shape index (κ1) is 21.2. The van der Waals surface area contributed by atoms with Crippen molar-refractivity contribution in [3.8, 4) is 0 Å². The van der Waals surface area contributed by atoms with E-state index in [1.54, 1.807) is 6.92 Å². The number of hydrogen-bond donors (Lipinski definition) is 1. The minimum Gasteiger partial charge on any atom is -0.351 e. The van der Waals surface area contributed by atoms with Gasteiger partial charge in [0.25, 0.3) is 10.1 Å². The molecule has 2 aliphatic rings. The quantitative estimate of drug-likeness (QED) is 0.677. The number of amides is 1. The lowest BCUT2D eigenvalue weighted by Gasteiger charge is -2.48. The summed E-state index contributed by atoms with van der Waals surface area (Å²) in [5.41, 5.74) is 0.780. The summed E-state index contributed by atoms with van der Waals surface area (Å²) in [5.74, 6) is -0.370. The molecule has 0 aromatic heterocycles. The molecule has 9 nitrogen and oxygen atoms in total. The number of ether oxygens (including phenoxy) is 4. The van der Waals surface area contributed by atoms with Crippen molar-refractivity contribution >= 4 is 16.0 Å². The normalized spacial score (nSPS) is 33.1. The van der Waals surface area contributed by atoms with E-state index in [2.05, 4.69) is 5.32 Å². The van der Waals surface area contributed by atoms with E-state index in [1.165, 1.54) is 6.92 Å². The summed E-state index contributed by atoms with van der Waals surface area (Å²) in [6.07, 6.45) is -3.10. The summed E-state index contributed by atoms with van der Waals surface area (Å²) in [7, 11) is -3.85. The summed E-state index contributed by atoms with van der Waals surface area (Å²) < 4.78 is 52.5. The Morgan fingerprint density at radius 2 is 1.96 bits per heavy atom. The molecular formula is C18H25NO8S. The van der Waals surface area contributed by atoms with Crippen LogP contribution < -0.4 is 5.32 Å². The monoisotopic (exact) mass is 415 g/mol. The van der Waals surface area contributed by atoms with E-state index in [4.69, 9.17) is 23.1 Å². The van der Waals surface area contributed by atoms with Gasteiger partial charge in [0.05, 0.1) is 12.9 Å². The maximum atomic E-state index is 11.9. The Kier molecular flexibility index (Phi) is 6.69. The predicted octanol–water partition coefficient (Wildman–Crippen LogP) is 0.711. The standard InChI is InChI=1S/C18H25NO8S/c1-4-23-18-14(19-11(2)20)16(27-28(3,21)22)15-13(25-18)10-24-17(26-15)12-8-6-5-7-9-12/h5-9,13-18H,4,10H2,1-3H3,(H,19,20)/t13-,14+,15+,16+,17-,18-/m1/s1. The Morgan fingerprint density at radius 1 is 1.25 bits per heavy atom. The van der Waals surface area contributed by atoms with Crippen molar-refractivity contribution in [1.82, 2.24) is 5.32 Å². The number of carbonyl (C=O) groups excluding carboxylic acids is 1. The zero-order valence-electron chi connectivity index (χ0n) is 15.9. The maximum Gasteiger partial charge on any atom is 0.264 e. The van der Waals surface area contributed by atoms with Gasteiger partial charge in [0.2, 0.25) is 5.91 Å². The van der Waals surface area contributed by atoms with Gasteiger partial charge in [-0.1, -0.05) is 30.3 Å². The highest BCUT2D eigenvalue weighted by molar-refractivity contribution is 7.86. The fraction of sp³-hybridized carbons (Fsp3) is 0.611. The van der Waals surface area contributed by atoms with Gasteiger partial charge in [-0.25, -0.2) is 0 Å². The SMILES string of the molecule is CCO[C@@H]1O[C@@H]2CO[C@@H](c3ccccc3)O[C@@H]2[C@@H](OS(C)(=O)=O)[C@@H]1NC(C)=O. The first-order chi connectivity index (χ1) is 13.3. The molecule has 0 radical (unpaired) electrons. The zero-order chi connectivity index (χ0) is 20.3. The molecule has 2 saturated heterocycles. The summed E-state index contributed by atoms with van der Waals surface area (Å²) in [6.45, 7) is 3.55. The zero-order valence-corrected chi connectivity index (χ0v) is 16.8. The van der Waals surface area contributed by atoms with Crippen LogP contribution in [0.15, 0.2) is 30.3 Å². The molecule has 28 heavy (non-hydrogen) atoms. The molecule has 10 heteroatoms. The first-order valence-corrected chi connectivity index (χ1v) is 10.8. The van der Waals surface area contributed by atoms with Crippen molar-refractivity contribution in [1.29, 1.82) is 0 Å². The summed E-state index contributed by atoms with van der Waals surface area (Å²) in [6, 6.07) is 8.38. The minimum atomic E-state index is -3.85. The maximum absolute atomic E-state index is 11.9. The van der Waals surface area contributed by atoms with Gasteiger partial charge in [-0.2, -0.15) is 8.42 Å². The molecule has 0 saturated carbocycles. The molecule has 2 aliphatic heterocycles. The molecule has 3 rings (SSSR count). The van der Waals surface area contributed by atoms with Crippen LogP contribution in [0.1, 0.15) is 25.7 Å². The fourth-order valence-electron chi connectivity index (χ4n) is 3.36. The van der Waals surface area contributed by atoms with Gasteiger partial charge in [0.1, 0.15) is 24.4 Å². The van der Waals surface area contributed by atoms with Crippen molar-refractivity contribution in [3.05, 3.63) is 35.9 Å². The Hall–Kier alpha value is -1.56. The Bertz CT molecular complexity index is 771. The highest BCUT2D eigenvalue weighted by Gasteiger charge is 2.52. The molecule has 0 spiro atoms. The number of nitrogens with one attached hydrogen (secondary N) is 1. The third-order valence-corrected chi connectivity index (χ3v) is 4.97. The van der Waals surface area contributed by atoms with E-state index in [-0.39, 0.29) is 12.5 Å². The Labute approximate surface area is 164 Å². The molecule has 1 aromatic carbocycles. The summed E-state index contributed by atoms with van der Waals surface area (Å²) in [5, 5.41) is 2.68. The second-order valence-corrected chi connectivity index (χ2v) is 8.27. The first-order valence-electron chi connectivity index (χ1n) is 9.03. The Morgan fingerprint density at radius 3 is 2.57 bits per heavy atom. The van der Waals surface area contributed by atoms with E-state index in [0.717, 1.165) is 11.8 Å². The largest absolute Gasteiger partial charge is 0.351 e. The minimum absolute atomic E-state index is 0.157. The van der Waals surface area contributed by atoms with E-state index in [0.29, 0.717) is 6.61 Å². The average Bonchev–Trinajstić information content (AvgIpc) is 2.64. The summed E-state index contributed by atoms with van der Waals surface area (Å²) >= 11 is 0. The topological polar surface area (TPSA) is 109 Å².